The molecule has 1 aliphatic rings. The van der Waals surface area contributed by atoms with Crippen molar-refractivity contribution >= 4 is 27.5 Å². The van der Waals surface area contributed by atoms with Crippen LogP contribution in [-0.2, 0) is 19.6 Å². The number of amides is 1. The Morgan fingerprint density at radius 1 is 1.43 bits per heavy atom. The van der Waals surface area contributed by atoms with Crippen LogP contribution in [0.4, 0.5) is 0 Å². The Bertz CT molecular complexity index is 629. The maximum absolute atomic E-state index is 11.9. The number of nitrogens with one attached hydrogen (secondary N) is 1. The van der Waals surface area contributed by atoms with E-state index in [9.17, 15) is 13.2 Å². The van der Waals surface area contributed by atoms with E-state index in [0.717, 1.165) is 18.9 Å². The maximum atomic E-state index is 11.9. The van der Waals surface area contributed by atoms with Gasteiger partial charge in [-0.2, -0.15) is 0 Å². The van der Waals surface area contributed by atoms with Gasteiger partial charge in [-0.15, -0.1) is 0 Å². The van der Waals surface area contributed by atoms with Crippen molar-refractivity contribution in [3.05, 3.63) is 28.8 Å². The van der Waals surface area contributed by atoms with E-state index in [2.05, 4.69) is 5.48 Å². The minimum absolute atomic E-state index is 0.0504. The van der Waals surface area contributed by atoms with E-state index in [0.29, 0.717) is 13.0 Å². The molecular formula is C12H15ClN2O5S. The van der Waals surface area contributed by atoms with Gasteiger partial charge in [0.15, 0.2) is 6.29 Å². The summed E-state index contributed by atoms with van der Waals surface area (Å²) in [4.78, 5) is 16.7. The minimum Gasteiger partial charge on any atom is -0.350 e. The fourth-order valence-corrected chi connectivity index (χ4v) is 2.92. The summed E-state index contributed by atoms with van der Waals surface area (Å²) in [6, 6.07) is 3.75. The van der Waals surface area contributed by atoms with E-state index in [1.165, 1.54) is 12.1 Å². The van der Waals surface area contributed by atoms with Gasteiger partial charge in [-0.3, -0.25) is 4.79 Å². The number of carbonyl (C=O) groups excluding carboxylic acids is 1. The first-order chi connectivity index (χ1) is 9.88. The quantitative estimate of drug-likeness (QED) is 0.804. The standard InChI is InChI=1S/C12H15ClN2O5S/c13-9-5-4-8(7-10(9)21(14,17)18)12(16)15-20-11-3-1-2-6-19-11/h4-5,7,11H,1-3,6H2,(H,15,16)(H2,14,17,18)/t11-/m1/s1. The van der Waals surface area contributed by atoms with Gasteiger partial charge in [-0.05, 0) is 31.0 Å². The highest BCUT2D eigenvalue weighted by Gasteiger charge is 2.19. The van der Waals surface area contributed by atoms with Gasteiger partial charge in [0.25, 0.3) is 5.91 Å². The molecule has 3 N–H and O–H groups in total. The summed E-state index contributed by atoms with van der Waals surface area (Å²) >= 11 is 5.74. The number of hydroxylamine groups is 1. The molecule has 0 bridgehead atoms. The van der Waals surface area contributed by atoms with Crippen LogP contribution in [0.3, 0.4) is 0 Å². The summed E-state index contributed by atoms with van der Waals surface area (Å²) in [6.07, 6.45) is 2.11. The highest BCUT2D eigenvalue weighted by molar-refractivity contribution is 7.89. The Hall–Kier alpha value is -1.19. The predicted molar refractivity (Wildman–Crippen MR) is 75.0 cm³/mol. The second-order valence-corrected chi connectivity index (χ2v) is 6.47. The van der Waals surface area contributed by atoms with Crippen molar-refractivity contribution in [2.45, 2.75) is 30.4 Å². The number of hydrogen-bond donors (Lipinski definition) is 2. The average molecular weight is 335 g/mol. The molecule has 1 aromatic carbocycles. The lowest BCUT2D eigenvalue weighted by Gasteiger charge is -2.22. The third-order valence-electron chi connectivity index (χ3n) is 2.92. The number of primary sulfonamides is 1. The van der Waals surface area contributed by atoms with Gasteiger partial charge in [-0.1, -0.05) is 11.6 Å². The number of sulfonamides is 1. The summed E-state index contributed by atoms with van der Waals surface area (Å²) < 4.78 is 28.0. The molecule has 7 nitrogen and oxygen atoms in total. The normalized spacial score (nSPS) is 19.2. The van der Waals surface area contributed by atoms with E-state index < -0.39 is 22.2 Å². The topological polar surface area (TPSA) is 108 Å². The summed E-state index contributed by atoms with van der Waals surface area (Å²) in [5.41, 5.74) is 2.29. The van der Waals surface area contributed by atoms with Crippen LogP contribution in [0.5, 0.6) is 0 Å². The zero-order chi connectivity index (χ0) is 15.5. The van der Waals surface area contributed by atoms with Crippen LogP contribution in [0.2, 0.25) is 5.02 Å². The van der Waals surface area contributed by atoms with E-state index in [4.69, 9.17) is 26.3 Å². The van der Waals surface area contributed by atoms with Gasteiger partial charge in [0.1, 0.15) is 4.90 Å². The van der Waals surface area contributed by atoms with Crippen LogP contribution in [0.1, 0.15) is 29.6 Å². The highest BCUT2D eigenvalue weighted by Crippen LogP contribution is 2.21. The van der Waals surface area contributed by atoms with Crippen molar-refractivity contribution in [3.63, 3.8) is 0 Å². The second kappa shape index (κ2) is 6.71. The number of carbonyl (C=O) groups is 1. The summed E-state index contributed by atoms with van der Waals surface area (Å²) in [5, 5.41) is 4.97. The molecular weight excluding hydrogens is 320 g/mol. The van der Waals surface area contributed by atoms with Crippen LogP contribution in [0, 0.1) is 0 Å². The molecule has 0 aromatic heterocycles. The molecule has 1 aliphatic heterocycles. The predicted octanol–water partition coefficient (Wildman–Crippen LogP) is 1.18. The third kappa shape index (κ3) is 4.39. The van der Waals surface area contributed by atoms with Gasteiger partial charge in [0.2, 0.25) is 10.0 Å². The van der Waals surface area contributed by atoms with Crippen molar-refractivity contribution in [3.8, 4) is 0 Å². The fourth-order valence-electron chi connectivity index (χ4n) is 1.84. The molecule has 21 heavy (non-hydrogen) atoms. The zero-order valence-electron chi connectivity index (χ0n) is 11.0. The van der Waals surface area contributed by atoms with E-state index >= 15 is 0 Å². The maximum Gasteiger partial charge on any atom is 0.274 e. The highest BCUT2D eigenvalue weighted by atomic mass is 35.5. The Balaban J connectivity index is 2.05. The van der Waals surface area contributed by atoms with Gasteiger partial charge in [-0.25, -0.2) is 23.9 Å². The second-order valence-electron chi connectivity index (χ2n) is 4.54. The van der Waals surface area contributed by atoms with Crippen molar-refractivity contribution in [1.29, 1.82) is 0 Å². The lowest BCUT2D eigenvalue weighted by atomic mass is 10.2. The smallest absolute Gasteiger partial charge is 0.274 e. The first kappa shape index (κ1) is 16.2. The van der Waals surface area contributed by atoms with E-state index in [1.54, 1.807) is 0 Å². The molecule has 1 atom stereocenters. The molecule has 0 aliphatic carbocycles. The summed E-state index contributed by atoms with van der Waals surface area (Å²) in [7, 11) is -4.00. The molecule has 0 unspecified atom stereocenters. The Kier molecular flexibility index (Phi) is 5.17. The van der Waals surface area contributed by atoms with Crippen LogP contribution in [0.25, 0.3) is 0 Å². The molecule has 2 rings (SSSR count). The minimum atomic E-state index is -4.00. The molecule has 1 heterocycles. The molecule has 9 heteroatoms. The monoisotopic (exact) mass is 334 g/mol. The SMILES string of the molecule is NS(=O)(=O)c1cc(C(=O)NO[C@@H]2CCCCO2)ccc1Cl. The lowest BCUT2D eigenvalue weighted by Crippen LogP contribution is -2.33. The Morgan fingerprint density at radius 3 is 2.81 bits per heavy atom. The zero-order valence-corrected chi connectivity index (χ0v) is 12.6. The molecule has 1 saturated heterocycles. The number of hydrogen-bond acceptors (Lipinski definition) is 5. The molecule has 1 amide bonds. The van der Waals surface area contributed by atoms with Crippen LogP contribution < -0.4 is 10.6 Å². The number of nitrogens with two attached hydrogens (primary N) is 1. The Labute approximate surface area is 127 Å². The average Bonchev–Trinajstić information content (AvgIpc) is 2.45. The number of rotatable bonds is 4. The molecule has 116 valence electrons. The van der Waals surface area contributed by atoms with E-state index in [-0.39, 0.29) is 15.5 Å². The number of halogens is 1. The van der Waals surface area contributed by atoms with Crippen LogP contribution in [-0.4, -0.2) is 27.2 Å². The Morgan fingerprint density at radius 2 is 2.19 bits per heavy atom. The lowest BCUT2D eigenvalue weighted by molar-refractivity contribution is -0.186. The molecule has 1 aromatic rings. The van der Waals surface area contributed by atoms with Gasteiger partial charge < -0.3 is 4.74 Å². The van der Waals surface area contributed by atoms with Crippen molar-refractivity contribution in [2.24, 2.45) is 5.14 Å². The fraction of sp³-hybridized carbons (Fsp3) is 0.417. The first-order valence-corrected chi connectivity index (χ1v) is 8.20. The number of benzene rings is 1. The van der Waals surface area contributed by atoms with Gasteiger partial charge in [0, 0.05) is 18.6 Å². The van der Waals surface area contributed by atoms with Gasteiger partial charge in [0.05, 0.1) is 5.02 Å². The van der Waals surface area contributed by atoms with Crippen LogP contribution in [0.15, 0.2) is 23.1 Å². The third-order valence-corrected chi connectivity index (χ3v) is 4.31. The summed E-state index contributed by atoms with van der Waals surface area (Å²) in [5.74, 6) is -0.606. The largest absolute Gasteiger partial charge is 0.350 e. The van der Waals surface area contributed by atoms with Crippen LogP contribution >= 0.6 is 11.6 Å². The van der Waals surface area contributed by atoms with Crippen molar-refractivity contribution < 1.29 is 22.8 Å². The van der Waals surface area contributed by atoms with Crippen molar-refractivity contribution in [2.75, 3.05) is 6.61 Å². The molecule has 1 fully saturated rings. The molecule has 0 radical (unpaired) electrons. The molecule has 0 saturated carbocycles. The number of ether oxygens (including phenoxy) is 1. The molecule has 0 spiro atoms. The van der Waals surface area contributed by atoms with Crippen molar-refractivity contribution in [1.82, 2.24) is 5.48 Å². The van der Waals surface area contributed by atoms with Gasteiger partial charge >= 0.3 is 0 Å². The van der Waals surface area contributed by atoms with E-state index in [1.807, 2.05) is 0 Å². The summed E-state index contributed by atoms with van der Waals surface area (Å²) in [6.45, 7) is 0.580. The first-order valence-electron chi connectivity index (χ1n) is 6.28.